The van der Waals surface area contributed by atoms with Gasteiger partial charge in [0, 0.05) is 0 Å². The second kappa shape index (κ2) is 7.28. The van der Waals surface area contributed by atoms with Crippen LogP contribution in [0, 0.1) is 10.7 Å². The van der Waals surface area contributed by atoms with Crippen molar-refractivity contribution in [2.24, 2.45) is 0 Å². The van der Waals surface area contributed by atoms with Crippen LogP contribution < -0.4 is 21.2 Å². The van der Waals surface area contributed by atoms with Gasteiger partial charge >= 0.3 is 142 Å². The van der Waals surface area contributed by atoms with E-state index in [2.05, 4.69) is 93.7 Å². The summed E-state index contributed by atoms with van der Waals surface area (Å²) < 4.78 is 5.61. The molecule has 0 aliphatic carbocycles. The third-order valence-corrected chi connectivity index (χ3v) is 6.82. The number of benzene rings is 2. The van der Waals surface area contributed by atoms with Crippen molar-refractivity contribution in [2.45, 2.75) is 6.42 Å². The van der Waals surface area contributed by atoms with Crippen molar-refractivity contribution in [1.82, 2.24) is 0 Å². The van der Waals surface area contributed by atoms with E-state index in [1.165, 1.54) is 23.6 Å². The number of alkyl halides is 1. The molecular formula is C14H12I3-. The molecule has 0 aliphatic rings. The minimum absolute atomic E-state index is 0.169. The Morgan fingerprint density at radius 1 is 0.882 bits per heavy atom. The Bertz CT molecular complexity index is 477. The van der Waals surface area contributed by atoms with Gasteiger partial charge < -0.3 is 0 Å². The molecule has 0 aromatic heterocycles. The van der Waals surface area contributed by atoms with Gasteiger partial charge in [-0.25, -0.2) is 0 Å². The molecule has 0 saturated carbocycles. The first-order valence-corrected chi connectivity index (χ1v) is 10.1. The Balaban J connectivity index is 1.88. The van der Waals surface area contributed by atoms with Crippen LogP contribution in [0.1, 0.15) is 5.56 Å². The fourth-order valence-corrected chi connectivity index (χ4v) is 4.84. The predicted octanol–water partition coefficient (Wildman–Crippen LogP) is 1.40. The van der Waals surface area contributed by atoms with Crippen molar-refractivity contribution in [2.75, 3.05) is 4.43 Å². The number of hydrogen-bond donors (Lipinski definition) is 0. The number of aryl methyl sites for hydroxylation is 1. The van der Waals surface area contributed by atoms with Crippen molar-refractivity contribution in [3.63, 3.8) is 0 Å². The second-order valence-corrected chi connectivity index (χ2v) is 9.10. The first-order valence-electron chi connectivity index (χ1n) is 5.34. The van der Waals surface area contributed by atoms with Crippen LogP contribution in [0.4, 0.5) is 0 Å². The molecule has 0 N–H and O–H groups in total. The van der Waals surface area contributed by atoms with E-state index in [0.29, 0.717) is 0 Å². The molecule has 0 aliphatic heterocycles. The summed E-state index contributed by atoms with van der Waals surface area (Å²) >= 11 is 4.96. The first kappa shape index (κ1) is 14.0. The first-order chi connectivity index (χ1) is 8.25. The van der Waals surface area contributed by atoms with Gasteiger partial charge in [0.2, 0.25) is 0 Å². The van der Waals surface area contributed by atoms with Gasteiger partial charge in [-0.05, 0) is 0 Å². The Labute approximate surface area is 140 Å². The Hall–Kier alpha value is 0.630. The van der Waals surface area contributed by atoms with Gasteiger partial charge in [-0.1, -0.05) is 0 Å². The van der Waals surface area contributed by atoms with Gasteiger partial charge in [-0.2, -0.15) is 0 Å². The molecule has 2 aromatic rings. The normalized spacial score (nSPS) is 10.7. The van der Waals surface area contributed by atoms with E-state index in [-0.39, 0.29) is 21.2 Å². The quantitative estimate of drug-likeness (QED) is 0.392. The third-order valence-electron chi connectivity index (χ3n) is 2.37. The van der Waals surface area contributed by atoms with Crippen molar-refractivity contribution in [3.05, 3.63) is 64.8 Å². The summed E-state index contributed by atoms with van der Waals surface area (Å²) in [5.41, 5.74) is 1.50. The standard InChI is InChI=1S/C14H12I3/c15-12-5-7-13(8-6-12)17-10-9-11-3-1-2-4-14(11)16/h1-8H,9-10H2/q-1. The molecule has 0 bridgehead atoms. The number of halogens is 3. The molecule has 2 rings (SSSR count). The zero-order valence-electron chi connectivity index (χ0n) is 9.17. The average Bonchev–Trinajstić information content (AvgIpc) is 2.34. The van der Waals surface area contributed by atoms with Crippen LogP contribution in [-0.4, -0.2) is 4.43 Å². The van der Waals surface area contributed by atoms with E-state index >= 15 is 0 Å². The molecule has 3 heteroatoms. The van der Waals surface area contributed by atoms with E-state index in [1.807, 2.05) is 0 Å². The summed E-state index contributed by atoms with van der Waals surface area (Å²) in [6, 6.07) is 17.7. The molecular weight excluding hydrogens is 549 g/mol. The molecule has 90 valence electrons. The Morgan fingerprint density at radius 2 is 1.59 bits per heavy atom. The van der Waals surface area contributed by atoms with Crippen molar-refractivity contribution in [1.29, 1.82) is 0 Å². The Morgan fingerprint density at radius 3 is 2.29 bits per heavy atom. The minimum atomic E-state index is 0.169. The summed E-state index contributed by atoms with van der Waals surface area (Å²) in [6.07, 6.45) is 1.22. The van der Waals surface area contributed by atoms with Crippen LogP contribution in [0.3, 0.4) is 0 Å². The maximum absolute atomic E-state index is 2.43. The third kappa shape index (κ3) is 4.66. The SMILES string of the molecule is Ic1ccc([I-]CCc2ccccc2I)cc1. The van der Waals surface area contributed by atoms with Gasteiger partial charge in [0.25, 0.3) is 0 Å². The number of hydrogen-bond acceptors (Lipinski definition) is 0. The molecule has 17 heavy (non-hydrogen) atoms. The van der Waals surface area contributed by atoms with E-state index < -0.39 is 0 Å². The predicted molar refractivity (Wildman–Crippen MR) is 85.6 cm³/mol. The molecule has 0 atom stereocenters. The fraction of sp³-hybridized carbons (Fsp3) is 0.143. The molecule has 0 fully saturated rings. The molecule has 0 nitrogen and oxygen atoms in total. The molecule has 0 saturated heterocycles. The van der Waals surface area contributed by atoms with Crippen LogP contribution in [0.5, 0.6) is 0 Å². The topological polar surface area (TPSA) is 0 Å². The van der Waals surface area contributed by atoms with Crippen molar-refractivity contribution in [3.8, 4) is 0 Å². The number of rotatable bonds is 4. The molecule has 0 radical (unpaired) electrons. The van der Waals surface area contributed by atoms with Gasteiger partial charge in [0.1, 0.15) is 0 Å². The van der Waals surface area contributed by atoms with E-state index in [4.69, 9.17) is 0 Å². The van der Waals surface area contributed by atoms with E-state index in [1.54, 1.807) is 3.57 Å². The fourth-order valence-electron chi connectivity index (χ4n) is 1.48. The van der Waals surface area contributed by atoms with Gasteiger partial charge in [-0.3, -0.25) is 0 Å². The molecule has 0 amide bonds. The summed E-state index contributed by atoms with van der Waals surface area (Å²) in [4.78, 5) is 0. The monoisotopic (exact) mass is 561 g/mol. The van der Waals surface area contributed by atoms with Crippen molar-refractivity contribution >= 4 is 45.2 Å². The second-order valence-electron chi connectivity index (χ2n) is 3.60. The maximum atomic E-state index is 2.43. The van der Waals surface area contributed by atoms with Crippen molar-refractivity contribution < 1.29 is 21.2 Å². The van der Waals surface area contributed by atoms with Crippen LogP contribution >= 0.6 is 45.2 Å². The summed E-state index contributed by atoms with van der Waals surface area (Å²) in [5.74, 6) is 0. The Kier molecular flexibility index (Phi) is 6.01. The molecule has 0 heterocycles. The summed E-state index contributed by atoms with van der Waals surface area (Å²) in [6.45, 7) is 0. The van der Waals surface area contributed by atoms with Crippen LogP contribution in [-0.2, 0) is 6.42 Å². The zero-order valence-corrected chi connectivity index (χ0v) is 15.6. The molecule has 2 aromatic carbocycles. The van der Waals surface area contributed by atoms with E-state index in [0.717, 1.165) is 0 Å². The van der Waals surface area contributed by atoms with Crippen LogP contribution in [0.2, 0.25) is 0 Å². The van der Waals surface area contributed by atoms with E-state index in [9.17, 15) is 0 Å². The summed E-state index contributed by atoms with van der Waals surface area (Å²) in [5, 5.41) is 0. The summed E-state index contributed by atoms with van der Waals surface area (Å²) in [7, 11) is 0. The molecule has 0 unspecified atom stereocenters. The molecule has 0 spiro atoms. The van der Waals surface area contributed by atoms with Crippen LogP contribution in [0.25, 0.3) is 0 Å². The van der Waals surface area contributed by atoms with Gasteiger partial charge in [-0.15, -0.1) is 0 Å². The van der Waals surface area contributed by atoms with Gasteiger partial charge in [0.15, 0.2) is 0 Å². The zero-order chi connectivity index (χ0) is 12.1. The van der Waals surface area contributed by atoms with Crippen LogP contribution in [0.15, 0.2) is 48.5 Å². The van der Waals surface area contributed by atoms with Gasteiger partial charge in [0.05, 0.1) is 0 Å². The average molecular weight is 561 g/mol.